The molecule has 0 saturated carbocycles. The van der Waals surface area contributed by atoms with E-state index < -0.39 is 0 Å². The molecule has 3 rings (SSSR count). The molecule has 2 N–H and O–H groups in total. The molecule has 0 aliphatic carbocycles. The lowest BCUT2D eigenvalue weighted by molar-refractivity contribution is 0.0940. The first-order valence-corrected chi connectivity index (χ1v) is 7.69. The van der Waals surface area contributed by atoms with E-state index in [0.717, 1.165) is 25.1 Å². The van der Waals surface area contributed by atoms with Gasteiger partial charge in [0, 0.05) is 24.2 Å². The highest BCUT2D eigenvalue weighted by molar-refractivity contribution is 5.94. The van der Waals surface area contributed by atoms with Crippen LogP contribution < -0.4 is 15.4 Å². The zero-order valence-electron chi connectivity index (χ0n) is 13.1. The van der Waals surface area contributed by atoms with Crippen molar-refractivity contribution in [3.63, 3.8) is 0 Å². The summed E-state index contributed by atoms with van der Waals surface area (Å²) in [4.78, 5) is 12.2. The molecular formula is C18H20ClFN2O2. The number of benzene rings is 2. The molecule has 1 saturated heterocycles. The number of hydrogen-bond acceptors (Lipinski definition) is 3. The molecule has 2 aromatic rings. The number of halogens is 2. The number of rotatable bonds is 5. The Hall–Kier alpha value is -2.11. The van der Waals surface area contributed by atoms with Gasteiger partial charge in [0.1, 0.15) is 18.2 Å². The fraction of sp³-hybridized carbons (Fsp3) is 0.278. The van der Waals surface area contributed by atoms with Gasteiger partial charge in [0.2, 0.25) is 0 Å². The number of carbonyl (C=O) groups is 1. The van der Waals surface area contributed by atoms with Gasteiger partial charge in [0.25, 0.3) is 5.91 Å². The van der Waals surface area contributed by atoms with Crippen molar-refractivity contribution in [3.8, 4) is 5.75 Å². The van der Waals surface area contributed by atoms with Crippen LogP contribution in [-0.2, 0) is 6.61 Å². The summed E-state index contributed by atoms with van der Waals surface area (Å²) in [5, 5.41) is 6.23. The van der Waals surface area contributed by atoms with Crippen LogP contribution >= 0.6 is 12.4 Å². The summed E-state index contributed by atoms with van der Waals surface area (Å²) in [6, 6.07) is 13.5. The number of amides is 1. The first kappa shape index (κ1) is 18.2. The molecule has 2 aromatic carbocycles. The normalized spacial score (nSPS) is 16.3. The molecule has 1 aliphatic rings. The minimum atomic E-state index is -0.333. The first-order valence-electron chi connectivity index (χ1n) is 7.69. The molecule has 1 heterocycles. The zero-order chi connectivity index (χ0) is 16.1. The Bertz CT molecular complexity index is 690. The summed E-state index contributed by atoms with van der Waals surface area (Å²) in [7, 11) is 0. The maximum atomic E-state index is 13.1. The fourth-order valence-electron chi connectivity index (χ4n) is 2.57. The van der Waals surface area contributed by atoms with Crippen LogP contribution in [0.15, 0.2) is 48.5 Å². The topological polar surface area (TPSA) is 50.4 Å². The summed E-state index contributed by atoms with van der Waals surface area (Å²) in [5.74, 6) is 0.0593. The van der Waals surface area contributed by atoms with E-state index >= 15 is 0 Å². The molecule has 6 heteroatoms. The Labute approximate surface area is 146 Å². The molecular weight excluding hydrogens is 331 g/mol. The van der Waals surface area contributed by atoms with Crippen molar-refractivity contribution in [2.75, 3.05) is 13.1 Å². The lowest BCUT2D eigenvalue weighted by Crippen LogP contribution is -2.36. The molecule has 1 aliphatic heterocycles. The monoisotopic (exact) mass is 350 g/mol. The molecule has 0 radical (unpaired) electrons. The van der Waals surface area contributed by atoms with Crippen LogP contribution in [0.25, 0.3) is 0 Å². The van der Waals surface area contributed by atoms with E-state index in [-0.39, 0.29) is 36.8 Å². The number of hydrogen-bond donors (Lipinski definition) is 2. The second kappa shape index (κ2) is 8.66. The predicted octanol–water partition coefficient (Wildman–Crippen LogP) is 2.92. The first-order chi connectivity index (χ1) is 11.2. The van der Waals surface area contributed by atoms with Crippen LogP contribution in [0.2, 0.25) is 0 Å². The standard InChI is InChI=1S/C18H19FN2O2.ClH/c19-15-5-2-6-17(10-15)23-12-13-3-1-4-14(9-13)18(22)21-16-7-8-20-11-16;/h1-6,9-10,16,20H,7-8,11-12H2,(H,21,22);1H. The van der Waals surface area contributed by atoms with Crippen molar-refractivity contribution in [2.24, 2.45) is 0 Å². The summed E-state index contributed by atoms with van der Waals surface area (Å²) in [6.45, 7) is 2.04. The van der Waals surface area contributed by atoms with E-state index in [4.69, 9.17) is 4.74 Å². The van der Waals surface area contributed by atoms with Crippen molar-refractivity contribution < 1.29 is 13.9 Å². The van der Waals surface area contributed by atoms with Gasteiger partial charge in [-0.2, -0.15) is 0 Å². The van der Waals surface area contributed by atoms with Crippen molar-refractivity contribution in [3.05, 3.63) is 65.5 Å². The predicted molar refractivity (Wildman–Crippen MR) is 93.2 cm³/mol. The number of carbonyl (C=O) groups excluding carboxylic acids is 1. The molecule has 0 aromatic heterocycles. The van der Waals surface area contributed by atoms with Gasteiger partial charge in [-0.1, -0.05) is 18.2 Å². The maximum absolute atomic E-state index is 13.1. The fourth-order valence-corrected chi connectivity index (χ4v) is 2.57. The van der Waals surface area contributed by atoms with Crippen LogP contribution in [-0.4, -0.2) is 25.0 Å². The van der Waals surface area contributed by atoms with Gasteiger partial charge in [0.15, 0.2) is 0 Å². The average molecular weight is 351 g/mol. The molecule has 1 amide bonds. The Kier molecular flexibility index (Phi) is 6.58. The van der Waals surface area contributed by atoms with Crippen molar-refractivity contribution in [1.82, 2.24) is 10.6 Å². The van der Waals surface area contributed by atoms with Crippen molar-refractivity contribution in [1.29, 1.82) is 0 Å². The highest BCUT2D eigenvalue weighted by atomic mass is 35.5. The highest BCUT2D eigenvalue weighted by Gasteiger charge is 2.17. The van der Waals surface area contributed by atoms with Gasteiger partial charge in [-0.15, -0.1) is 12.4 Å². The van der Waals surface area contributed by atoms with Crippen LogP contribution in [0.3, 0.4) is 0 Å². The second-order valence-corrected chi connectivity index (χ2v) is 5.61. The minimum Gasteiger partial charge on any atom is -0.489 e. The van der Waals surface area contributed by atoms with Crippen molar-refractivity contribution in [2.45, 2.75) is 19.1 Å². The second-order valence-electron chi connectivity index (χ2n) is 5.61. The minimum absolute atomic E-state index is 0. The van der Waals surface area contributed by atoms with Gasteiger partial charge < -0.3 is 15.4 Å². The van der Waals surface area contributed by atoms with E-state index in [1.807, 2.05) is 12.1 Å². The Morgan fingerprint density at radius 1 is 1.25 bits per heavy atom. The summed E-state index contributed by atoms with van der Waals surface area (Å²) in [5.41, 5.74) is 1.48. The molecule has 0 spiro atoms. The Morgan fingerprint density at radius 2 is 2.08 bits per heavy atom. The van der Waals surface area contributed by atoms with Crippen LogP contribution in [0.5, 0.6) is 5.75 Å². The average Bonchev–Trinajstić information content (AvgIpc) is 3.06. The molecule has 24 heavy (non-hydrogen) atoms. The quantitative estimate of drug-likeness (QED) is 0.871. The molecule has 0 bridgehead atoms. The van der Waals surface area contributed by atoms with Gasteiger partial charge in [-0.3, -0.25) is 4.79 Å². The molecule has 128 valence electrons. The lowest BCUT2D eigenvalue weighted by Gasteiger charge is -2.12. The highest BCUT2D eigenvalue weighted by Crippen LogP contribution is 2.15. The smallest absolute Gasteiger partial charge is 0.251 e. The summed E-state index contributed by atoms with van der Waals surface area (Å²) < 4.78 is 18.7. The van der Waals surface area contributed by atoms with Crippen LogP contribution in [0, 0.1) is 5.82 Å². The van der Waals surface area contributed by atoms with Gasteiger partial charge >= 0.3 is 0 Å². The van der Waals surface area contributed by atoms with Gasteiger partial charge in [0.05, 0.1) is 0 Å². The zero-order valence-corrected chi connectivity index (χ0v) is 13.9. The third-order valence-corrected chi connectivity index (χ3v) is 3.79. The van der Waals surface area contributed by atoms with E-state index in [0.29, 0.717) is 11.3 Å². The van der Waals surface area contributed by atoms with E-state index in [2.05, 4.69) is 10.6 Å². The van der Waals surface area contributed by atoms with Crippen LogP contribution in [0.4, 0.5) is 4.39 Å². The SMILES string of the molecule is Cl.O=C(NC1CCNC1)c1cccc(COc2cccc(F)c2)c1. The third kappa shape index (κ3) is 4.94. The maximum Gasteiger partial charge on any atom is 0.251 e. The number of nitrogens with one attached hydrogen (secondary N) is 2. The molecule has 1 fully saturated rings. The van der Waals surface area contributed by atoms with E-state index in [1.54, 1.807) is 24.3 Å². The lowest BCUT2D eigenvalue weighted by atomic mass is 10.1. The molecule has 1 atom stereocenters. The van der Waals surface area contributed by atoms with Crippen LogP contribution in [0.1, 0.15) is 22.3 Å². The molecule has 1 unspecified atom stereocenters. The van der Waals surface area contributed by atoms with Crippen molar-refractivity contribution >= 4 is 18.3 Å². The number of ether oxygens (including phenoxy) is 1. The summed E-state index contributed by atoms with van der Waals surface area (Å²) >= 11 is 0. The summed E-state index contributed by atoms with van der Waals surface area (Å²) in [6.07, 6.45) is 0.952. The largest absolute Gasteiger partial charge is 0.489 e. The van der Waals surface area contributed by atoms with Gasteiger partial charge in [-0.05, 0) is 42.8 Å². The third-order valence-electron chi connectivity index (χ3n) is 3.79. The van der Waals surface area contributed by atoms with Gasteiger partial charge in [-0.25, -0.2) is 4.39 Å². The Balaban J connectivity index is 0.00000208. The van der Waals surface area contributed by atoms with E-state index in [9.17, 15) is 9.18 Å². The Morgan fingerprint density at radius 3 is 2.83 bits per heavy atom. The van der Waals surface area contributed by atoms with E-state index in [1.165, 1.54) is 12.1 Å². The molecule has 4 nitrogen and oxygen atoms in total.